The van der Waals surface area contributed by atoms with Crippen LogP contribution in [0.2, 0.25) is 0 Å². The van der Waals surface area contributed by atoms with E-state index in [-0.39, 0.29) is 0 Å². The molecule has 1 heterocycles. The van der Waals surface area contributed by atoms with Crippen LogP contribution in [-0.2, 0) is 0 Å². The third-order valence-corrected chi connectivity index (χ3v) is 2.81. The number of aryl methyl sites for hydroxylation is 1. The van der Waals surface area contributed by atoms with Crippen molar-refractivity contribution in [1.82, 2.24) is 4.98 Å². The highest BCUT2D eigenvalue weighted by molar-refractivity contribution is 5.75. The molecular weight excluding hydrogens is 228 g/mol. The molecule has 4 heteroatoms. The van der Waals surface area contributed by atoms with Crippen LogP contribution in [0.5, 0.6) is 11.5 Å². The number of hydrogen-bond acceptors (Lipinski definition) is 4. The summed E-state index contributed by atoms with van der Waals surface area (Å²) in [7, 11) is 3.26. The molecule has 0 unspecified atom stereocenters. The summed E-state index contributed by atoms with van der Waals surface area (Å²) in [4.78, 5) is 4.26. The fourth-order valence-electron chi connectivity index (χ4n) is 1.84. The van der Waals surface area contributed by atoms with Gasteiger partial charge in [0.2, 0.25) is 0 Å². The van der Waals surface area contributed by atoms with Gasteiger partial charge in [-0.15, -0.1) is 0 Å². The van der Waals surface area contributed by atoms with Crippen molar-refractivity contribution in [2.75, 3.05) is 20.0 Å². The zero-order chi connectivity index (χ0) is 13.1. The molecule has 0 aliphatic heterocycles. The van der Waals surface area contributed by atoms with Crippen LogP contribution in [0.3, 0.4) is 0 Å². The molecule has 0 radical (unpaired) electrons. The van der Waals surface area contributed by atoms with Crippen molar-refractivity contribution in [1.29, 1.82) is 0 Å². The van der Waals surface area contributed by atoms with Crippen molar-refractivity contribution in [3.8, 4) is 22.6 Å². The zero-order valence-electron chi connectivity index (χ0n) is 10.7. The second-order valence-electron chi connectivity index (χ2n) is 3.97. The van der Waals surface area contributed by atoms with Gasteiger partial charge in [-0.05, 0) is 25.1 Å². The number of nitrogens with two attached hydrogens (primary N) is 1. The molecule has 94 valence electrons. The maximum Gasteiger partial charge on any atom is 0.130 e. The predicted molar refractivity (Wildman–Crippen MR) is 71.9 cm³/mol. The normalized spacial score (nSPS) is 10.2. The Bertz CT molecular complexity index is 568. The molecule has 0 fully saturated rings. The van der Waals surface area contributed by atoms with Crippen LogP contribution in [-0.4, -0.2) is 19.2 Å². The number of anilines is 1. The number of hydrogen-bond donors (Lipinski definition) is 1. The van der Waals surface area contributed by atoms with E-state index in [2.05, 4.69) is 4.98 Å². The molecule has 0 spiro atoms. The van der Waals surface area contributed by atoms with E-state index in [4.69, 9.17) is 15.2 Å². The number of nitrogens with zero attached hydrogens (tertiary/aromatic N) is 1. The van der Waals surface area contributed by atoms with Crippen LogP contribution in [0.25, 0.3) is 11.1 Å². The lowest BCUT2D eigenvalue weighted by atomic mass is 10.0. The number of nitrogen functional groups attached to an aromatic ring is 1. The van der Waals surface area contributed by atoms with Crippen molar-refractivity contribution in [2.24, 2.45) is 0 Å². The summed E-state index contributed by atoms with van der Waals surface area (Å²) in [6.45, 7) is 1.94. The van der Waals surface area contributed by atoms with E-state index >= 15 is 0 Å². The third kappa shape index (κ3) is 2.22. The maximum atomic E-state index is 5.78. The Kier molecular flexibility index (Phi) is 3.37. The van der Waals surface area contributed by atoms with Gasteiger partial charge in [0.1, 0.15) is 11.5 Å². The highest BCUT2D eigenvalue weighted by atomic mass is 16.5. The van der Waals surface area contributed by atoms with E-state index < -0.39 is 0 Å². The second-order valence-corrected chi connectivity index (χ2v) is 3.97. The van der Waals surface area contributed by atoms with Gasteiger partial charge in [0.05, 0.1) is 26.1 Å². The molecule has 0 aliphatic rings. The molecule has 2 N–H and O–H groups in total. The summed E-state index contributed by atoms with van der Waals surface area (Å²) in [5, 5.41) is 0. The van der Waals surface area contributed by atoms with Crippen LogP contribution in [0.1, 0.15) is 5.69 Å². The summed E-state index contributed by atoms with van der Waals surface area (Å²) >= 11 is 0. The van der Waals surface area contributed by atoms with Gasteiger partial charge in [-0.1, -0.05) is 0 Å². The van der Waals surface area contributed by atoms with E-state index in [0.29, 0.717) is 5.69 Å². The van der Waals surface area contributed by atoms with Crippen molar-refractivity contribution >= 4 is 5.69 Å². The number of rotatable bonds is 3. The number of pyridine rings is 1. The average molecular weight is 244 g/mol. The first kappa shape index (κ1) is 12.2. The first-order valence-electron chi connectivity index (χ1n) is 5.60. The Morgan fingerprint density at radius 2 is 1.83 bits per heavy atom. The van der Waals surface area contributed by atoms with Gasteiger partial charge in [0.15, 0.2) is 0 Å². The van der Waals surface area contributed by atoms with Crippen molar-refractivity contribution in [3.63, 3.8) is 0 Å². The third-order valence-electron chi connectivity index (χ3n) is 2.81. The van der Waals surface area contributed by atoms with Crippen LogP contribution >= 0.6 is 0 Å². The average Bonchev–Trinajstić information content (AvgIpc) is 2.41. The molecule has 1 aromatic heterocycles. The highest BCUT2D eigenvalue weighted by Crippen LogP contribution is 2.35. The molecule has 0 saturated carbocycles. The molecule has 0 bridgehead atoms. The Morgan fingerprint density at radius 3 is 2.50 bits per heavy atom. The molecule has 2 aromatic rings. The molecule has 4 nitrogen and oxygen atoms in total. The SMILES string of the molecule is COc1ccc(-c2cc(N)cnc2C)c(OC)c1. The van der Waals surface area contributed by atoms with Gasteiger partial charge in [0, 0.05) is 22.9 Å². The molecule has 0 atom stereocenters. The van der Waals surface area contributed by atoms with Crippen molar-refractivity contribution in [3.05, 3.63) is 36.2 Å². The fraction of sp³-hybridized carbons (Fsp3) is 0.214. The van der Waals surface area contributed by atoms with E-state index in [1.807, 2.05) is 31.2 Å². The second kappa shape index (κ2) is 4.96. The van der Waals surface area contributed by atoms with E-state index in [9.17, 15) is 0 Å². The van der Waals surface area contributed by atoms with Crippen LogP contribution in [0.15, 0.2) is 30.5 Å². The summed E-state index contributed by atoms with van der Waals surface area (Å²) in [5.74, 6) is 1.50. The quantitative estimate of drug-likeness (QED) is 0.901. The lowest BCUT2D eigenvalue weighted by molar-refractivity contribution is 0.395. The van der Waals surface area contributed by atoms with Crippen molar-refractivity contribution in [2.45, 2.75) is 6.92 Å². The Labute approximate surface area is 106 Å². The predicted octanol–water partition coefficient (Wildman–Crippen LogP) is 2.66. The fourth-order valence-corrected chi connectivity index (χ4v) is 1.84. The lowest BCUT2D eigenvalue weighted by Gasteiger charge is -2.12. The molecule has 2 rings (SSSR count). The molecular formula is C14H16N2O2. The van der Waals surface area contributed by atoms with Gasteiger partial charge in [-0.25, -0.2) is 0 Å². The Morgan fingerprint density at radius 1 is 1.06 bits per heavy atom. The van der Waals surface area contributed by atoms with Crippen LogP contribution < -0.4 is 15.2 Å². The van der Waals surface area contributed by atoms with Gasteiger partial charge >= 0.3 is 0 Å². The molecule has 0 amide bonds. The van der Waals surface area contributed by atoms with Gasteiger partial charge in [0.25, 0.3) is 0 Å². The van der Waals surface area contributed by atoms with Gasteiger partial charge in [-0.3, -0.25) is 4.98 Å². The van der Waals surface area contributed by atoms with Crippen LogP contribution in [0, 0.1) is 6.92 Å². The van der Waals surface area contributed by atoms with Gasteiger partial charge < -0.3 is 15.2 Å². The largest absolute Gasteiger partial charge is 0.497 e. The minimum atomic E-state index is 0.633. The Balaban J connectivity index is 2.59. The minimum absolute atomic E-state index is 0.633. The number of ether oxygens (including phenoxy) is 2. The summed E-state index contributed by atoms with van der Waals surface area (Å²) in [6.07, 6.45) is 1.65. The van der Waals surface area contributed by atoms with E-state index in [0.717, 1.165) is 28.3 Å². The molecule has 18 heavy (non-hydrogen) atoms. The van der Waals surface area contributed by atoms with Crippen LogP contribution in [0.4, 0.5) is 5.69 Å². The highest BCUT2D eigenvalue weighted by Gasteiger charge is 2.10. The first-order valence-corrected chi connectivity index (χ1v) is 5.60. The summed E-state index contributed by atoms with van der Waals surface area (Å²) < 4.78 is 10.6. The monoisotopic (exact) mass is 244 g/mol. The molecule has 0 saturated heterocycles. The smallest absolute Gasteiger partial charge is 0.130 e. The van der Waals surface area contributed by atoms with E-state index in [1.54, 1.807) is 20.4 Å². The topological polar surface area (TPSA) is 57.4 Å². The number of aromatic nitrogens is 1. The number of methoxy groups -OCH3 is 2. The lowest BCUT2D eigenvalue weighted by Crippen LogP contribution is -1.95. The summed E-state index contributed by atoms with van der Waals surface area (Å²) in [6, 6.07) is 7.58. The Hall–Kier alpha value is -2.23. The van der Waals surface area contributed by atoms with Crippen molar-refractivity contribution < 1.29 is 9.47 Å². The minimum Gasteiger partial charge on any atom is -0.497 e. The van der Waals surface area contributed by atoms with E-state index in [1.165, 1.54) is 0 Å². The molecule has 1 aromatic carbocycles. The summed E-state index contributed by atoms with van der Waals surface area (Å²) in [5.41, 5.74) is 9.25. The number of benzene rings is 1. The molecule has 0 aliphatic carbocycles. The maximum absolute atomic E-state index is 5.78. The zero-order valence-corrected chi connectivity index (χ0v) is 10.7. The van der Waals surface area contributed by atoms with Gasteiger partial charge in [-0.2, -0.15) is 0 Å². The first-order chi connectivity index (χ1) is 8.65. The standard InChI is InChI=1S/C14H16N2O2/c1-9-13(6-10(15)8-16-9)12-5-4-11(17-2)7-14(12)18-3/h4-8H,15H2,1-3H3.